The van der Waals surface area contributed by atoms with Gasteiger partial charge in [-0.15, -0.1) is 0 Å². The van der Waals surface area contributed by atoms with Crippen LogP contribution < -0.4 is 5.32 Å². The van der Waals surface area contributed by atoms with Crippen molar-refractivity contribution in [2.75, 3.05) is 5.32 Å². The Hall–Kier alpha value is -0.740. The monoisotopic (exact) mass is 305 g/mol. The van der Waals surface area contributed by atoms with E-state index in [4.69, 9.17) is 16.7 Å². The maximum atomic E-state index is 10.4. The molecule has 16 heavy (non-hydrogen) atoms. The molecule has 0 amide bonds. The lowest BCUT2D eigenvalue weighted by molar-refractivity contribution is -0.137. The number of carboxylic acid groups (broad SMARTS) is 1. The predicted octanol–water partition coefficient (Wildman–Crippen LogP) is 3.77. The van der Waals surface area contributed by atoms with Crippen LogP contribution in [0.1, 0.15) is 19.8 Å². The standard InChI is InChI=1S/C11H13BrClNO2/c1-7(2-5-11(15)16)14-10-4-3-8(13)6-9(10)12/h3-4,6-7,14H,2,5H2,1H3,(H,15,16). The van der Waals surface area contributed by atoms with Crippen LogP contribution in [0.15, 0.2) is 22.7 Å². The van der Waals surface area contributed by atoms with Gasteiger partial charge in [-0.1, -0.05) is 11.6 Å². The number of hydrogen-bond acceptors (Lipinski definition) is 2. The van der Waals surface area contributed by atoms with Gasteiger partial charge in [0, 0.05) is 27.6 Å². The van der Waals surface area contributed by atoms with Crippen molar-refractivity contribution in [2.45, 2.75) is 25.8 Å². The Morgan fingerprint density at radius 1 is 1.62 bits per heavy atom. The Kier molecular flexibility index (Phi) is 5.09. The van der Waals surface area contributed by atoms with Crippen LogP contribution in [0.2, 0.25) is 5.02 Å². The molecule has 0 aliphatic heterocycles. The molecule has 1 aromatic rings. The average Bonchev–Trinajstić information content (AvgIpc) is 2.19. The zero-order valence-corrected chi connectivity index (χ0v) is 11.2. The van der Waals surface area contributed by atoms with Crippen LogP contribution in [0.25, 0.3) is 0 Å². The summed E-state index contributed by atoms with van der Waals surface area (Å²) in [4.78, 5) is 10.4. The minimum Gasteiger partial charge on any atom is -0.481 e. The summed E-state index contributed by atoms with van der Waals surface area (Å²) in [5.74, 6) is -0.774. The van der Waals surface area contributed by atoms with Gasteiger partial charge in [-0.25, -0.2) is 0 Å². The first-order chi connectivity index (χ1) is 7.49. The predicted molar refractivity (Wildman–Crippen MR) is 69.1 cm³/mol. The first-order valence-electron chi connectivity index (χ1n) is 4.92. The fraction of sp³-hybridized carbons (Fsp3) is 0.364. The van der Waals surface area contributed by atoms with Crippen molar-refractivity contribution in [3.63, 3.8) is 0 Å². The van der Waals surface area contributed by atoms with E-state index < -0.39 is 5.97 Å². The van der Waals surface area contributed by atoms with E-state index in [0.29, 0.717) is 11.4 Å². The van der Waals surface area contributed by atoms with Crippen molar-refractivity contribution in [1.82, 2.24) is 0 Å². The van der Waals surface area contributed by atoms with Crippen LogP contribution in [0.5, 0.6) is 0 Å². The van der Waals surface area contributed by atoms with Crippen LogP contribution >= 0.6 is 27.5 Å². The van der Waals surface area contributed by atoms with Gasteiger partial charge in [0.2, 0.25) is 0 Å². The number of hydrogen-bond donors (Lipinski definition) is 2. The fourth-order valence-electron chi connectivity index (χ4n) is 1.28. The highest BCUT2D eigenvalue weighted by molar-refractivity contribution is 9.10. The van der Waals surface area contributed by atoms with Crippen LogP contribution in [-0.4, -0.2) is 17.1 Å². The largest absolute Gasteiger partial charge is 0.481 e. The highest BCUT2D eigenvalue weighted by Gasteiger charge is 2.07. The van der Waals surface area contributed by atoms with Gasteiger partial charge < -0.3 is 10.4 Å². The molecule has 0 saturated heterocycles. The van der Waals surface area contributed by atoms with Gasteiger partial charge in [0.1, 0.15) is 0 Å². The smallest absolute Gasteiger partial charge is 0.303 e. The third-order valence-corrected chi connectivity index (χ3v) is 3.02. The summed E-state index contributed by atoms with van der Waals surface area (Å²) < 4.78 is 0.877. The molecule has 3 nitrogen and oxygen atoms in total. The second-order valence-corrected chi connectivity index (χ2v) is 4.89. The first-order valence-corrected chi connectivity index (χ1v) is 6.09. The summed E-state index contributed by atoms with van der Waals surface area (Å²) in [5.41, 5.74) is 0.919. The molecular formula is C11H13BrClNO2. The first kappa shape index (κ1) is 13.3. The lowest BCUT2D eigenvalue weighted by Gasteiger charge is -2.15. The van der Waals surface area contributed by atoms with Crippen LogP contribution in [0.4, 0.5) is 5.69 Å². The van der Waals surface area contributed by atoms with E-state index >= 15 is 0 Å². The molecule has 2 N–H and O–H groups in total. The SMILES string of the molecule is CC(CCC(=O)O)Nc1ccc(Cl)cc1Br. The zero-order chi connectivity index (χ0) is 12.1. The number of benzene rings is 1. The average molecular weight is 307 g/mol. The molecule has 0 aromatic heterocycles. The lowest BCUT2D eigenvalue weighted by atomic mass is 10.1. The highest BCUT2D eigenvalue weighted by Crippen LogP contribution is 2.26. The summed E-state index contributed by atoms with van der Waals surface area (Å²) in [6.07, 6.45) is 0.754. The summed E-state index contributed by atoms with van der Waals surface area (Å²) in [5, 5.41) is 12.5. The summed E-state index contributed by atoms with van der Waals surface area (Å²) in [7, 11) is 0. The molecule has 0 saturated carbocycles. The summed E-state index contributed by atoms with van der Waals surface area (Å²) in [6.45, 7) is 1.95. The fourth-order valence-corrected chi connectivity index (χ4v) is 2.08. The minimum atomic E-state index is -0.774. The number of nitrogens with one attached hydrogen (secondary N) is 1. The number of carboxylic acids is 1. The maximum Gasteiger partial charge on any atom is 0.303 e. The van der Waals surface area contributed by atoms with Gasteiger partial charge in [-0.3, -0.25) is 4.79 Å². The molecular weight excluding hydrogens is 293 g/mol. The molecule has 0 heterocycles. The Morgan fingerprint density at radius 2 is 2.31 bits per heavy atom. The van der Waals surface area contributed by atoms with E-state index in [1.54, 1.807) is 12.1 Å². The quantitative estimate of drug-likeness (QED) is 0.870. The molecule has 0 spiro atoms. The molecule has 0 radical (unpaired) electrons. The van der Waals surface area contributed by atoms with Crippen LogP contribution in [0.3, 0.4) is 0 Å². The molecule has 0 bridgehead atoms. The summed E-state index contributed by atoms with van der Waals surface area (Å²) in [6, 6.07) is 5.56. The minimum absolute atomic E-state index is 0.105. The van der Waals surface area contributed by atoms with E-state index in [2.05, 4.69) is 21.2 Å². The third-order valence-electron chi connectivity index (χ3n) is 2.12. The van der Waals surface area contributed by atoms with E-state index in [1.165, 1.54) is 0 Å². The third kappa shape index (κ3) is 4.41. The number of anilines is 1. The zero-order valence-electron chi connectivity index (χ0n) is 8.84. The lowest BCUT2D eigenvalue weighted by Crippen LogP contribution is -2.16. The molecule has 5 heteroatoms. The second-order valence-electron chi connectivity index (χ2n) is 3.60. The van der Waals surface area contributed by atoms with Crippen molar-refractivity contribution in [3.8, 4) is 0 Å². The molecule has 0 aliphatic rings. The van der Waals surface area contributed by atoms with Crippen molar-refractivity contribution in [2.24, 2.45) is 0 Å². The molecule has 88 valence electrons. The molecule has 0 fully saturated rings. The molecule has 1 rings (SSSR count). The van der Waals surface area contributed by atoms with Gasteiger partial charge in [-0.05, 0) is 47.5 Å². The van der Waals surface area contributed by atoms with Crippen LogP contribution in [0, 0.1) is 0 Å². The van der Waals surface area contributed by atoms with Crippen LogP contribution in [-0.2, 0) is 4.79 Å². The number of aliphatic carboxylic acids is 1. The van der Waals surface area contributed by atoms with Crippen molar-refractivity contribution < 1.29 is 9.90 Å². The molecule has 1 aromatic carbocycles. The topological polar surface area (TPSA) is 49.3 Å². The van der Waals surface area contributed by atoms with Crippen molar-refractivity contribution >= 4 is 39.2 Å². The molecule has 1 atom stereocenters. The Bertz CT molecular complexity index is 384. The van der Waals surface area contributed by atoms with E-state index in [9.17, 15) is 4.79 Å². The second kappa shape index (κ2) is 6.11. The van der Waals surface area contributed by atoms with Crippen molar-refractivity contribution in [1.29, 1.82) is 0 Å². The molecule has 1 unspecified atom stereocenters. The Balaban J connectivity index is 2.55. The van der Waals surface area contributed by atoms with Gasteiger partial charge in [-0.2, -0.15) is 0 Å². The number of rotatable bonds is 5. The Morgan fingerprint density at radius 3 is 2.88 bits per heavy atom. The highest BCUT2D eigenvalue weighted by atomic mass is 79.9. The molecule has 0 aliphatic carbocycles. The van der Waals surface area contributed by atoms with Gasteiger partial charge in [0.25, 0.3) is 0 Å². The van der Waals surface area contributed by atoms with Gasteiger partial charge >= 0.3 is 5.97 Å². The van der Waals surface area contributed by atoms with Crippen molar-refractivity contribution in [3.05, 3.63) is 27.7 Å². The maximum absolute atomic E-state index is 10.4. The summed E-state index contributed by atoms with van der Waals surface area (Å²) >= 11 is 9.21. The van der Waals surface area contributed by atoms with Gasteiger partial charge in [0.05, 0.1) is 0 Å². The van der Waals surface area contributed by atoms with E-state index in [1.807, 2.05) is 13.0 Å². The number of carbonyl (C=O) groups is 1. The van der Waals surface area contributed by atoms with Gasteiger partial charge in [0.15, 0.2) is 0 Å². The number of halogens is 2. The van der Waals surface area contributed by atoms with E-state index in [0.717, 1.165) is 10.2 Å². The Labute approximate surface area is 108 Å². The normalized spacial score (nSPS) is 12.2. The van der Waals surface area contributed by atoms with E-state index in [-0.39, 0.29) is 12.5 Å².